The summed E-state index contributed by atoms with van der Waals surface area (Å²) < 4.78 is 7.28. The Morgan fingerprint density at radius 3 is 2.74 bits per heavy atom. The van der Waals surface area contributed by atoms with Gasteiger partial charge < -0.3 is 10.1 Å². The molecule has 1 saturated heterocycles. The van der Waals surface area contributed by atoms with Crippen LogP contribution >= 0.6 is 11.6 Å². The average Bonchev–Trinajstić information content (AvgIpc) is 3.19. The van der Waals surface area contributed by atoms with E-state index in [1.165, 1.54) is 11.9 Å². The molecule has 3 aromatic rings. The molecule has 1 N–H and O–H groups in total. The van der Waals surface area contributed by atoms with E-state index >= 15 is 0 Å². The smallest absolute Gasteiger partial charge is 0.254 e. The van der Waals surface area contributed by atoms with E-state index in [1.807, 2.05) is 18.2 Å². The molecule has 8 heteroatoms. The normalized spacial score (nSPS) is 16.5. The second-order valence-electron chi connectivity index (χ2n) is 6.55. The Morgan fingerprint density at radius 2 is 2.00 bits per heavy atom. The molecule has 27 heavy (non-hydrogen) atoms. The fourth-order valence-corrected chi connectivity index (χ4v) is 3.53. The van der Waals surface area contributed by atoms with Gasteiger partial charge in [0.25, 0.3) is 5.78 Å². The number of benzene rings is 1. The van der Waals surface area contributed by atoms with Gasteiger partial charge in [-0.3, -0.25) is 4.90 Å². The highest BCUT2D eigenvalue weighted by molar-refractivity contribution is 6.30. The fraction of sp³-hybridized carbons (Fsp3) is 0.421. The van der Waals surface area contributed by atoms with Crippen molar-refractivity contribution in [3.05, 3.63) is 52.9 Å². The maximum atomic E-state index is 6.09. The van der Waals surface area contributed by atoms with Gasteiger partial charge in [0, 0.05) is 36.4 Å². The van der Waals surface area contributed by atoms with Crippen LogP contribution in [0.4, 0.5) is 5.82 Å². The molecule has 0 spiro atoms. The Balaban J connectivity index is 1.60. The molecule has 3 heterocycles. The number of hydrogen-bond acceptors (Lipinski definition) is 6. The van der Waals surface area contributed by atoms with Crippen LogP contribution in [-0.4, -0.2) is 57.3 Å². The Morgan fingerprint density at radius 1 is 1.22 bits per heavy atom. The summed E-state index contributed by atoms with van der Waals surface area (Å²) in [5, 5.41) is 8.61. The van der Waals surface area contributed by atoms with Gasteiger partial charge in [-0.1, -0.05) is 30.7 Å². The Bertz CT molecular complexity index is 891. The van der Waals surface area contributed by atoms with E-state index in [1.54, 1.807) is 4.52 Å². The van der Waals surface area contributed by atoms with Crippen molar-refractivity contribution in [3.8, 4) is 0 Å². The second kappa shape index (κ2) is 8.21. The zero-order valence-corrected chi connectivity index (χ0v) is 16.1. The van der Waals surface area contributed by atoms with Gasteiger partial charge >= 0.3 is 0 Å². The van der Waals surface area contributed by atoms with Crippen molar-refractivity contribution in [2.45, 2.75) is 19.4 Å². The lowest BCUT2D eigenvalue weighted by Gasteiger charge is -2.35. The molecule has 1 aliphatic rings. The van der Waals surface area contributed by atoms with E-state index in [0.717, 1.165) is 55.8 Å². The molecule has 1 fully saturated rings. The molecule has 1 atom stereocenters. The van der Waals surface area contributed by atoms with Crippen LogP contribution in [0.5, 0.6) is 0 Å². The predicted molar refractivity (Wildman–Crippen MR) is 105 cm³/mol. The van der Waals surface area contributed by atoms with Crippen LogP contribution in [0.3, 0.4) is 0 Å². The minimum absolute atomic E-state index is 0.211. The molecule has 0 bridgehead atoms. The summed E-state index contributed by atoms with van der Waals surface area (Å²) in [5.41, 5.74) is 2.22. The first-order chi connectivity index (χ1) is 13.2. The van der Waals surface area contributed by atoms with Crippen molar-refractivity contribution in [1.29, 1.82) is 0 Å². The topological polar surface area (TPSA) is 67.6 Å². The highest BCUT2D eigenvalue weighted by Gasteiger charge is 2.23. The zero-order chi connectivity index (χ0) is 18.6. The number of rotatable bonds is 6. The van der Waals surface area contributed by atoms with E-state index < -0.39 is 0 Å². The zero-order valence-electron chi connectivity index (χ0n) is 15.3. The van der Waals surface area contributed by atoms with E-state index in [4.69, 9.17) is 16.3 Å². The fourth-order valence-electron chi connectivity index (χ4n) is 3.40. The Hall–Kier alpha value is -2.22. The number of ether oxygens (including phenoxy) is 1. The van der Waals surface area contributed by atoms with E-state index in [2.05, 4.69) is 44.3 Å². The molecule has 142 valence electrons. The highest BCUT2D eigenvalue weighted by Crippen LogP contribution is 2.24. The molecule has 0 radical (unpaired) electrons. The van der Waals surface area contributed by atoms with Crippen LogP contribution in [0.15, 0.2) is 36.7 Å². The first kappa shape index (κ1) is 18.2. The number of hydrogen-bond donors (Lipinski definition) is 1. The molecular weight excluding hydrogens is 364 g/mol. The van der Waals surface area contributed by atoms with Gasteiger partial charge in [0.05, 0.1) is 19.3 Å². The summed E-state index contributed by atoms with van der Waals surface area (Å²) in [7, 11) is 0. The van der Waals surface area contributed by atoms with Crippen molar-refractivity contribution in [2.75, 3.05) is 38.2 Å². The van der Waals surface area contributed by atoms with E-state index in [-0.39, 0.29) is 6.04 Å². The second-order valence-corrected chi connectivity index (χ2v) is 6.99. The molecular formula is C19H23ClN6O. The van der Waals surface area contributed by atoms with Crippen LogP contribution < -0.4 is 5.32 Å². The van der Waals surface area contributed by atoms with Crippen molar-refractivity contribution < 1.29 is 4.74 Å². The first-order valence-electron chi connectivity index (χ1n) is 9.25. The summed E-state index contributed by atoms with van der Waals surface area (Å²) in [6, 6.07) is 10.3. The average molecular weight is 387 g/mol. The minimum Gasteiger partial charge on any atom is -0.379 e. The Labute approximate surface area is 163 Å². The van der Waals surface area contributed by atoms with Crippen molar-refractivity contribution >= 4 is 23.2 Å². The number of fused-ring (bicyclic) bond motifs is 1. The number of aryl methyl sites for hydroxylation is 1. The molecule has 4 rings (SSSR count). The van der Waals surface area contributed by atoms with Crippen LogP contribution in [-0.2, 0) is 11.2 Å². The van der Waals surface area contributed by atoms with Gasteiger partial charge in [-0.25, -0.2) is 4.98 Å². The molecule has 1 unspecified atom stereocenters. The maximum absolute atomic E-state index is 6.09. The van der Waals surface area contributed by atoms with Gasteiger partial charge in [0.1, 0.15) is 12.1 Å². The lowest BCUT2D eigenvalue weighted by Crippen LogP contribution is -2.41. The van der Waals surface area contributed by atoms with Crippen molar-refractivity contribution in [1.82, 2.24) is 24.5 Å². The van der Waals surface area contributed by atoms with E-state index in [9.17, 15) is 0 Å². The van der Waals surface area contributed by atoms with E-state index in [0.29, 0.717) is 5.78 Å². The third-order valence-corrected chi connectivity index (χ3v) is 5.14. The van der Waals surface area contributed by atoms with Gasteiger partial charge in [0.2, 0.25) is 0 Å². The van der Waals surface area contributed by atoms with Crippen molar-refractivity contribution in [2.24, 2.45) is 0 Å². The summed E-state index contributed by atoms with van der Waals surface area (Å²) in [4.78, 5) is 11.2. The number of nitrogens with zero attached hydrogens (tertiary/aromatic N) is 5. The molecule has 0 saturated carbocycles. The Kier molecular flexibility index (Phi) is 5.52. The van der Waals surface area contributed by atoms with Crippen LogP contribution in [0.25, 0.3) is 5.78 Å². The number of anilines is 1. The van der Waals surface area contributed by atoms with Crippen LogP contribution in [0, 0.1) is 0 Å². The lowest BCUT2D eigenvalue weighted by atomic mass is 10.0. The lowest BCUT2D eigenvalue weighted by molar-refractivity contribution is 0.0187. The summed E-state index contributed by atoms with van der Waals surface area (Å²) in [6.45, 7) is 6.15. The molecule has 2 aromatic heterocycles. The molecule has 1 aromatic carbocycles. The maximum Gasteiger partial charge on any atom is 0.254 e. The van der Waals surface area contributed by atoms with Gasteiger partial charge in [-0.15, -0.1) is 0 Å². The first-order valence-corrected chi connectivity index (χ1v) is 9.63. The molecule has 1 aliphatic heterocycles. The molecule has 0 amide bonds. The SMILES string of the molecule is CCc1cc(NCC(c2ccc(Cl)cc2)N2CCOCC2)n2ncnc2n1. The van der Waals surface area contributed by atoms with Crippen LogP contribution in [0.2, 0.25) is 5.02 Å². The quantitative estimate of drug-likeness (QED) is 0.702. The summed E-state index contributed by atoms with van der Waals surface area (Å²) in [6.07, 6.45) is 2.38. The molecule has 7 nitrogen and oxygen atoms in total. The third kappa shape index (κ3) is 4.05. The largest absolute Gasteiger partial charge is 0.379 e. The summed E-state index contributed by atoms with van der Waals surface area (Å²) >= 11 is 6.09. The van der Waals surface area contributed by atoms with Gasteiger partial charge in [-0.2, -0.15) is 14.6 Å². The number of nitrogens with one attached hydrogen (secondary N) is 1. The summed E-state index contributed by atoms with van der Waals surface area (Å²) in [5.74, 6) is 1.52. The standard InChI is InChI=1S/C19H23ClN6O/c1-2-16-11-18(26-19(24-16)22-13-23-26)21-12-17(25-7-9-27-10-8-25)14-3-5-15(20)6-4-14/h3-6,11,13,17,21H,2,7-10,12H2,1H3. The van der Waals surface area contributed by atoms with Crippen molar-refractivity contribution in [3.63, 3.8) is 0 Å². The number of halogens is 1. The van der Waals surface area contributed by atoms with Gasteiger partial charge in [0.15, 0.2) is 0 Å². The highest BCUT2D eigenvalue weighted by atomic mass is 35.5. The van der Waals surface area contributed by atoms with Gasteiger partial charge in [-0.05, 0) is 24.1 Å². The third-order valence-electron chi connectivity index (χ3n) is 4.88. The van der Waals surface area contributed by atoms with Crippen LogP contribution in [0.1, 0.15) is 24.2 Å². The minimum atomic E-state index is 0.211. The number of morpholine rings is 1. The predicted octanol–water partition coefficient (Wildman–Crippen LogP) is 2.83. The molecule has 0 aliphatic carbocycles. The monoisotopic (exact) mass is 386 g/mol. The number of aromatic nitrogens is 4.